The Morgan fingerprint density at radius 1 is 1.62 bits per heavy atom. The quantitative estimate of drug-likeness (QED) is 0.665. The molecular formula is C8H17NO3S. The molecule has 3 N–H and O–H groups in total. The summed E-state index contributed by atoms with van der Waals surface area (Å²) in [4.78, 5) is 0. The first kappa shape index (κ1) is 10.9. The Kier molecular flexibility index (Phi) is 2.99. The van der Waals surface area contributed by atoms with Crippen LogP contribution in [0.1, 0.15) is 26.2 Å². The second-order valence-corrected chi connectivity index (χ2v) is 5.73. The fourth-order valence-electron chi connectivity index (χ4n) is 2.26. The highest BCUT2D eigenvalue weighted by Gasteiger charge is 2.39. The molecule has 4 nitrogen and oxygen atoms in total. The highest BCUT2D eigenvalue weighted by molar-refractivity contribution is 7.85. The molecular weight excluding hydrogens is 190 g/mol. The van der Waals surface area contributed by atoms with Crippen LogP contribution in [-0.4, -0.2) is 25.3 Å². The van der Waals surface area contributed by atoms with E-state index in [1.54, 1.807) is 0 Å². The van der Waals surface area contributed by atoms with E-state index in [0.29, 0.717) is 12.5 Å². The normalized spacial score (nSPS) is 35.2. The molecule has 0 saturated heterocycles. The van der Waals surface area contributed by atoms with Gasteiger partial charge in [-0.1, -0.05) is 13.3 Å². The molecule has 1 aliphatic carbocycles. The van der Waals surface area contributed by atoms with Gasteiger partial charge in [-0.3, -0.25) is 4.55 Å². The zero-order valence-electron chi connectivity index (χ0n) is 7.86. The molecule has 0 aromatic heterocycles. The largest absolute Gasteiger partial charge is 0.330 e. The smallest absolute Gasteiger partial charge is 0.265 e. The van der Waals surface area contributed by atoms with Gasteiger partial charge in [0.15, 0.2) is 0 Å². The molecule has 0 radical (unpaired) electrons. The second-order valence-electron chi connectivity index (χ2n) is 4.28. The molecule has 0 aromatic carbocycles. The lowest BCUT2D eigenvalue weighted by Crippen LogP contribution is -2.35. The predicted octanol–water partition coefficient (Wildman–Crippen LogP) is 0.639. The van der Waals surface area contributed by atoms with Crippen LogP contribution in [0.5, 0.6) is 0 Å². The fraction of sp³-hybridized carbons (Fsp3) is 1.00. The van der Waals surface area contributed by atoms with Crippen molar-refractivity contribution < 1.29 is 13.0 Å². The molecule has 0 unspecified atom stereocenters. The third-order valence-corrected chi connectivity index (χ3v) is 3.85. The van der Waals surface area contributed by atoms with Crippen LogP contribution in [0.4, 0.5) is 0 Å². The van der Waals surface area contributed by atoms with E-state index >= 15 is 0 Å². The van der Waals surface area contributed by atoms with Crippen molar-refractivity contribution in [1.82, 2.24) is 0 Å². The average Bonchev–Trinajstić information content (AvgIpc) is 2.29. The van der Waals surface area contributed by atoms with Gasteiger partial charge < -0.3 is 5.73 Å². The van der Waals surface area contributed by atoms with Gasteiger partial charge in [0, 0.05) is 0 Å². The molecule has 1 fully saturated rings. The first-order chi connectivity index (χ1) is 5.87. The van der Waals surface area contributed by atoms with Gasteiger partial charge in [0.05, 0.1) is 5.75 Å². The minimum absolute atomic E-state index is 0.180. The second kappa shape index (κ2) is 3.55. The van der Waals surface area contributed by atoms with Crippen LogP contribution in [-0.2, 0) is 10.1 Å². The Bertz CT molecular complexity index is 275. The van der Waals surface area contributed by atoms with Crippen molar-refractivity contribution in [2.24, 2.45) is 17.1 Å². The van der Waals surface area contributed by atoms with Crippen molar-refractivity contribution in [3.63, 3.8) is 0 Å². The number of nitrogens with two attached hydrogens (primary N) is 1. The van der Waals surface area contributed by atoms with Gasteiger partial charge in [-0.15, -0.1) is 0 Å². The predicted molar refractivity (Wildman–Crippen MR) is 50.9 cm³/mol. The summed E-state index contributed by atoms with van der Waals surface area (Å²) in [6, 6.07) is 0. The first-order valence-corrected chi connectivity index (χ1v) is 6.13. The highest BCUT2D eigenvalue weighted by Crippen LogP contribution is 2.41. The van der Waals surface area contributed by atoms with E-state index in [1.807, 2.05) is 0 Å². The van der Waals surface area contributed by atoms with Crippen molar-refractivity contribution in [2.45, 2.75) is 26.2 Å². The maximum atomic E-state index is 10.8. The van der Waals surface area contributed by atoms with Gasteiger partial charge in [-0.05, 0) is 30.7 Å². The number of rotatable bonds is 3. The van der Waals surface area contributed by atoms with Crippen molar-refractivity contribution in [3.05, 3.63) is 0 Å². The minimum Gasteiger partial charge on any atom is -0.330 e. The van der Waals surface area contributed by atoms with Gasteiger partial charge in [-0.2, -0.15) is 8.42 Å². The molecule has 0 spiro atoms. The summed E-state index contributed by atoms with van der Waals surface area (Å²) in [5.74, 6) is 0.339. The van der Waals surface area contributed by atoms with Crippen LogP contribution in [0, 0.1) is 11.3 Å². The summed E-state index contributed by atoms with van der Waals surface area (Å²) >= 11 is 0. The van der Waals surface area contributed by atoms with Gasteiger partial charge >= 0.3 is 0 Å². The van der Waals surface area contributed by atoms with Crippen LogP contribution in [0.15, 0.2) is 0 Å². The maximum absolute atomic E-state index is 10.8. The summed E-state index contributed by atoms with van der Waals surface area (Å²) in [7, 11) is -3.88. The molecule has 0 aliphatic heterocycles. The van der Waals surface area contributed by atoms with Crippen molar-refractivity contribution >= 4 is 10.1 Å². The Morgan fingerprint density at radius 3 is 2.54 bits per heavy atom. The van der Waals surface area contributed by atoms with Gasteiger partial charge in [0.1, 0.15) is 0 Å². The van der Waals surface area contributed by atoms with Crippen LogP contribution < -0.4 is 5.73 Å². The average molecular weight is 207 g/mol. The minimum atomic E-state index is -3.88. The summed E-state index contributed by atoms with van der Waals surface area (Å²) in [5.41, 5.74) is 5.19. The van der Waals surface area contributed by atoms with Gasteiger partial charge in [-0.25, -0.2) is 0 Å². The molecule has 78 valence electrons. The monoisotopic (exact) mass is 207 g/mol. The van der Waals surface area contributed by atoms with Crippen LogP contribution in [0.3, 0.4) is 0 Å². The Labute approximate surface area is 79.3 Å². The highest BCUT2D eigenvalue weighted by atomic mass is 32.2. The molecule has 2 atom stereocenters. The maximum Gasteiger partial charge on any atom is 0.265 e. The van der Waals surface area contributed by atoms with E-state index in [-0.39, 0.29) is 11.2 Å². The van der Waals surface area contributed by atoms with E-state index in [9.17, 15) is 8.42 Å². The molecule has 0 aromatic rings. The summed E-state index contributed by atoms with van der Waals surface area (Å²) < 4.78 is 30.3. The van der Waals surface area contributed by atoms with E-state index in [0.717, 1.165) is 19.3 Å². The zero-order chi connectivity index (χ0) is 10.1. The Balaban J connectivity index is 2.72. The topological polar surface area (TPSA) is 80.4 Å². The van der Waals surface area contributed by atoms with Crippen molar-refractivity contribution in [2.75, 3.05) is 12.3 Å². The van der Waals surface area contributed by atoms with E-state index in [2.05, 4.69) is 6.92 Å². The van der Waals surface area contributed by atoms with E-state index in [1.165, 1.54) is 0 Å². The summed E-state index contributed by atoms with van der Waals surface area (Å²) in [6.45, 7) is 2.43. The standard InChI is InChI=1S/C8H17NO3S/c1-7-2-3-8(4-7,5-9)6-13(10,11)12/h7H,2-6,9H2,1H3,(H,10,11,12)/t7-,8-/m0/s1. The first-order valence-electron chi connectivity index (χ1n) is 4.52. The molecule has 13 heavy (non-hydrogen) atoms. The van der Waals surface area contributed by atoms with Gasteiger partial charge in [0.2, 0.25) is 0 Å². The molecule has 5 heteroatoms. The van der Waals surface area contributed by atoms with Crippen LogP contribution in [0.2, 0.25) is 0 Å². The molecule has 1 aliphatic rings. The Hall–Kier alpha value is -0.130. The summed E-state index contributed by atoms with van der Waals surface area (Å²) in [5, 5.41) is 0. The van der Waals surface area contributed by atoms with Crippen LogP contribution in [0.25, 0.3) is 0 Å². The van der Waals surface area contributed by atoms with E-state index < -0.39 is 10.1 Å². The zero-order valence-corrected chi connectivity index (χ0v) is 8.68. The molecule has 0 heterocycles. The SMILES string of the molecule is C[C@H]1CC[C@](CN)(CS(=O)(=O)O)C1. The molecule has 0 amide bonds. The molecule has 1 saturated carbocycles. The van der Waals surface area contributed by atoms with Crippen LogP contribution >= 0.6 is 0 Å². The van der Waals surface area contributed by atoms with Gasteiger partial charge in [0.25, 0.3) is 10.1 Å². The number of hydrogen-bond acceptors (Lipinski definition) is 3. The number of hydrogen-bond donors (Lipinski definition) is 2. The fourth-order valence-corrected chi connectivity index (χ4v) is 3.41. The third-order valence-electron chi connectivity index (χ3n) is 2.87. The van der Waals surface area contributed by atoms with Crippen molar-refractivity contribution in [1.29, 1.82) is 0 Å². The lowest BCUT2D eigenvalue weighted by molar-refractivity contribution is 0.327. The lowest BCUT2D eigenvalue weighted by Gasteiger charge is -2.25. The molecule has 1 rings (SSSR count). The lowest BCUT2D eigenvalue weighted by atomic mass is 9.88. The van der Waals surface area contributed by atoms with E-state index in [4.69, 9.17) is 10.3 Å². The Morgan fingerprint density at radius 2 is 2.23 bits per heavy atom. The van der Waals surface area contributed by atoms with Crippen molar-refractivity contribution in [3.8, 4) is 0 Å². The molecule has 0 bridgehead atoms. The third kappa shape index (κ3) is 2.93. The summed E-state index contributed by atoms with van der Waals surface area (Å²) in [6.07, 6.45) is 2.63.